The zero-order valence-corrected chi connectivity index (χ0v) is 8.62. The molecule has 1 heterocycles. The summed E-state index contributed by atoms with van der Waals surface area (Å²) >= 11 is 0. The summed E-state index contributed by atoms with van der Waals surface area (Å²) in [5, 5.41) is 10.5. The lowest BCUT2D eigenvalue weighted by Gasteiger charge is -2.00. The molecule has 0 bridgehead atoms. The molecule has 0 aliphatic carbocycles. The number of nitro benzene ring substituents is 1. The van der Waals surface area contributed by atoms with E-state index in [2.05, 4.69) is 9.97 Å². The SMILES string of the molecule is Cc1ncc(-c2ccc([N+](=O)[O-])cc2)cn1. The summed E-state index contributed by atoms with van der Waals surface area (Å²) < 4.78 is 0. The Balaban J connectivity index is 2.34. The second-order valence-electron chi connectivity index (χ2n) is 3.32. The summed E-state index contributed by atoms with van der Waals surface area (Å²) in [6.45, 7) is 1.81. The molecule has 0 unspecified atom stereocenters. The standard InChI is InChI=1S/C11H9N3O2/c1-8-12-6-10(7-13-8)9-2-4-11(5-3-9)14(15)16/h2-7H,1H3. The number of nitro groups is 1. The Hall–Kier alpha value is -2.30. The van der Waals surface area contributed by atoms with Crippen LogP contribution in [-0.4, -0.2) is 14.9 Å². The first-order valence-corrected chi connectivity index (χ1v) is 4.70. The molecule has 1 aromatic carbocycles. The number of benzene rings is 1. The molecule has 5 heteroatoms. The van der Waals surface area contributed by atoms with Crippen LogP contribution >= 0.6 is 0 Å². The van der Waals surface area contributed by atoms with Crippen molar-refractivity contribution in [1.29, 1.82) is 0 Å². The molecule has 0 saturated heterocycles. The molecule has 0 saturated carbocycles. The van der Waals surface area contributed by atoms with E-state index in [-0.39, 0.29) is 5.69 Å². The first-order chi connectivity index (χ1) is 7.66. The molecule has 1 aromatic heterocycles. The van der Waals surface area contributed by atoms with Gasteiger partial charge in [-0.25, -0.2) is 9.97 Å². The average Bonchev–Trinajstić information content (AvgIpc) is 2.30. The predicted octanol–water partition coefficient (Wildman–Crippen LogP) is 2.36. The third-order valence-electron chi connectivity index (χ3n) is 2.19. The van der Waals surface area contributed by atoms with E-state index < -0.39 is 4.92 Å². The van der Waals surface area contributed by atoms with E-state index in [4.69, 9.17) is 0 Å². The molecule has 0 radical (unpaired) electrons. The molecule has 2 aromatic rings. The zero-order valence-electron chi connectivity index (χ0n) is 8.62. The number of non-ortho nitro benzene ring substituents is 1. The van der Waals surface area contributed by atoms with Crippen molar-refractivity contribution in [2.45, 2.75) is 6.92 Å². The topological polar surface area (TPSA) is 68.9 Å². The van der Waals surface area contributed by atoms with Crippen molar-refractivity contribution in [2.75, 3.05) is 0 Å². The quantitative estimate of drug-likeness (QED) is 0.569. The molecule has 0 N–H and O–H groups in total. The van der Waals surface area contributed by atoms with Crippen molar-refractivity contribution in [3.05, 3.63) is 52.6 Å². The van der Waals surface area contributed by atoms with Crippen LogP contribution in [0.2, 0.25) is 0 Å². The number of aromatic nitrogens is 2. The highest BCUT2D eigenvalue weighted by Crippen LogP contribution is 2.20. The second-order valence-corrected chi connectivity index (χ2v) is 3.32. The summed E-state index contributed by atoms with van der Waals surface area (Å²) in [5.74, 6) is 0.700. The van der Waals surface area contributed by atoms with Crippen LogP contribution in [0.4, 0.5) is 5.69 Å². The van der Waals surface area contributed by atoms with Crippen molar-refractivity contribution in [3.8, 4) is 11.1 Å². The van der Waals surface area contributed by atoms with Crippen LogP contribution < -0.4 is 0 Å². The zero-order chi connectivity index (χ0) is 11.5. The van der Waals surface area contributed by atoms with Crippen molar-refractivity contribution in [2.24, 2.45) is 0 Å². The van der Waals surface area contributed by atoms with Crippen LogP contribution in [0.25, 0.3) is 11.1 Å². The average molecular weight is 215 g/mol. The largest absolute Gasteiger partial charge is 0.269 e. The van der Waals surface area contributed by atoms with E-state index in [1.54, 1.807) is 31.5 Å². The maximum Gasteiger partial charge on any atom is 0.269 e. The number of hydrogen-bond donors (Lipinski definition) is 0. The highest BCUT2D eigenvalue weighted by molar-refractivity contribution is 5.62. The van der Waals surface area contributed by atoms with E-state index in [1.807, 2.05) is 0 Å². The summed E-state index contributed by atoms with van der Waals surface area (Å²) in [6.07, 6.45) is 3.40. The van der Waals surface area contributed by atoms with Crippen LogP contribution in [0.1, 0.15) is 5.82 Å². The highest BCUT2D eigenvalue weighted by atomic mass is 16.6. The smallest absolute Gasteiger partial charge is 0.258 e. The van der Waals surface area contributed by atoms with Crippen molar-refractivity contribution in [1.82, 2.24) is 9.97 Å². The van der Waals surface area contributed by atoms with E-state index in [1.165, 1.54) is 12.1 Å². The minimum Gasteiger partial charge on any atom is -0.258 e. The van der Waals surface area contributed by atoms with Gasteiger partial charge in [0.05, 0.1) is 4.92 Å². The number of hydrogen-bond acceptors (Lipinski definition) is 4. The molecular formula is C11H9N3O2. The van der Waals surface area contributed by atoms with Crippen LogP contribution in [0, 0.1) is 17.0 Å². The molecule has 2 rings (SSSR count). The van der Waals surface area contributed by atoms with Crippen molar-refractivity contribution >= 4 is 5.69 Å². The maximum atomic E-state index is 10.5. The van der Waals surface area contributed by atoms with E-state index >= 15 is 0 Å². The summed E-state index contributed by atoms with van der Waals surface area (Å²) in [6, 6.07) is 6.31. The molecule has 0 aliphatic rings. The third kappa shape index (κ3) is 2.03. The highest BCUT2D eigenvalue weighted by Gasteiger charge is 2.05. The fourth-order valence-corrected chi connectivity index (χ4v) is 1.32. The third-order valence-corrected chi connectivity index (χ3v) is 2.19. The summed E-state index contributed by atoms with van der Waals surface area (Å²) in [7, 11) is 0. The van der Waals surface area contributed by atoms with Crippen molar-refractivity contribution < 1.29 is 4.92 Å². The van der Waals surface area contributed by atoms with E-state index in [9.17, 15) is 10.1 Å². The van der Waals surface area contributed by atoms with Gasteiger partial charge in [0, 0.05) is 30.1 Å². The predicted molar refractivity (Wildman–Crippen MR) is 58.9 cm³/mol. The fourth-order valence-electron chi connectivity index (χ4n) is 1.32. The van der Waals surface area contributed by atoms with Crippen LogP contribution in [0.5, 0.6) is 0 Å². The Kier molecular flexibility index (Phi) is 2.59. The molecule has 0 atom stereocenters. The first kappa shape index (κ1) is 10.2. The minimum absolute atomic E-state index is 0.0804. The van der Waals surface area contributed by atoms with Gasteiger partial charge in [-0.3, -0.25) is 10.1 Å². The first-order valence-electron chi connectivity index (χ1n) is 4.70. The van der Waals surface area contributed by atoms with Gasteiger partial charge in [0.15, 0.2) is 0 Å². The molecule has 80 valence electrons. The van der Waals surface area contributed by atoms with Gasteiger partial charge in [-0.05, 0) is 24.6 Å². The van der Waals surface area contributed by atoms with Gasteiger partial charge >= 0.3 is 0 Å². The molecule has 0 aliphatic heterocycles. The van der Waals surface area contributed by atoms with Crippen LogP contribution in [-0.2, 0) is 0 Å². The van der Waals surface area contributed by atoms with E-state index in [0.29, 0.717) is 5.82 Å². The van der Waals surface area contributed by atoms with Gasteiger partial charge in [-0.15, -0.1) is 0 Å². The molecule has 0 spiro atoms. The summed E-state index contributed by atoms with van der Waals surface area (Å²) in [5.41, 5.74) is 1.79. The Morgan fingerprint density at radius 1 is 1.06 bits per heavy atom. The van der Waals surface area contributed by atoms with E-state index in [0.717, 1.165) is 11.1 Å². The van der Waals surface area contributed by atoms with Crippen molar-refractivity contribution in [3.63, 3.8) is 0 Å². The molecular weight excluding hydrogens is 206 g/mol. The van der Waals surface area contributed by atoms with Crippen LogP contribution in [0.15, 0.2) is 36.7 Å². The number of rotatable bonds is 2. The Morgan fingerprint density at radius 3 is 2.12 bits per heavy atom. The normalized spacial score (nSPS) is 10.1. The Bertz CT molecular complexity index is 506. The number of nitrogens with zero attached hydrogens (tertiary/aromatic N) is 3. The molecule has 0 fully saturated rings. The fraction of sp³-hybridized carbons (Fsp3) is 0.0909. The van der Waals surface area contributed by atoms with Gasteiger partial charge < -0.3 is 0 Å². The lowest BCUT2D eigenvalue weighted by molar-refractivity contribution is -0.384. The Labute approximate surface area is 91.9 Å². The number of aryl methyl sites for hydroxylation is 1. The lowest BCUT2D eigenvalue weighted by Crippen LogP contribution is -1.89. The molecule has 0 amide bonds. The Morgan fingerprint density at radius 2 is 1.62 bits per heavy atom. The van der Waals surface area contributed by atoms with Gasteiger partial charge in [0.1, 0.15) is 5.82 Å². The lowest BCUT2D eigenvalue weighted by atomic mass is 10.1. The summed E-state index contributed by atoms with van der Waals surface area (Å²) in [4.78, 5) is 18.2. The van der Waals surface area contributed by atoms with Gasteiger partial charge in [-0.1, -0.05) is 0 Å². The van der Waals surface area contributed by atoms with Gasteiger partial charge in [0.2, 0.25) is 0 Å². The molecule has 16 heavy (non-hydrogen) atoms. The van der Waals surface area contributed by atoms with Gasteiger partial charge in [-0.2, -0.15) is 0 Å². The minimum atomic E-state index is -0.421. The van der Waals surface area contributed by atoms with Crippen LogP contribution in [0.3, 0.4) is 0 Å². The molecule has 5 nitrogen and oxygen atoms in total. The second kappa shape index (κ2) is 4.06. The van der Waals surface area contributed by atoms with Gasteiger partial charge in [0.25, 0.3) is 5.69 Å². The maximum absolute atomic E-state index is 10.5. The monoisotopic (exact) mass is 215 g/mol.